The van der Waals surface area contributed by atoms with E-state index >= 15 is 0 Å². The summed E-state index contributed by atoms with van der Waals surface area (Å²) in [5.74, 6) is -4.40. The van der Waals surface area contributed by atoms with Crippen molar-refractivity contribution in [1.29, 1.82) is 0 Å². The van der Waals surface area contributed by atoms with Gasteiger partial charge < -0.3 is 26.4 Å². The molecule has 4 heterocycles. The monoisotopic (exact) mass is 774 g/mol. The molecular formula is C38H35O12Y-. The Morgan fingerprint density at radius 1 is 0.333 bits per heavy atom. The van der Waals surface area contributed by atoms with Gasteiger partial charge in [0, 0.05) is 34.1 Å². The van der Waals surface area contributed by atoms with Gasteiger partial charge in [0.25, 0.3) is 0 Å². The Bertz CT molecular complexity index is 1530. The van der Waals surface area contributed by atoms with E-state index < -0.39 is 47.8 Å². The van der Waals surface area contributed by atoms with Crippen LogP contribution < -0.4 is 0 Å². The summed E-state index contributed by atoms with van der Waals surface area (Å²) in [6, 6.07) is 26.1. The van der Waals surface area contributed by atoms with E-state index in [-0.39, 0.29) is 40.1 Å². The number of rotatable bonds is 0. The Morgan fingerprint density at radius 2 is 0.431 bits per heavy atom. The third kappa shape index (κ3) is 10.8. The molecule has 4 aromatic rings. The molecule has 0 unspecified atom stereocenters. The minimum absolute atomic E-state index is 0. The first kappa shape index (κ1) is 43.6. The van der Waals surface area contributed by atoms with Crippen LogP contribution in [0.1, 0.15) is 119 Å². The van der Waals surface area contributed by atoms with Crippen LogP contribution >= 0.6 is 0 Å². The quantitative estimate of drug-likeness (QED) is 0.0767. The molecule has 0 spiro atoms. The zero-order valence-electron chi connectivity index (χ0n) is 29.7. The van der Waals surface area contributed by atoms with E-state index in [0.29, 0.717) is 44.5 Å². The first-order valence-electron chi connectivity index (χ1n) is 15.6. The van der Waals surface area contributed by atoms with Gasteiger partial charge in [0.2, 0.25) is 0 Å². The van der Waals surface area contributed by atoms with Gasteiger partial charge in [0.15, 0.2) is 0 Å². The molecule has 0 amide bonds. The van der Waals surface area contributed by atoms with Gasteiger partial charge in [-0.05, 0) is 48.5 Å². The average molecular weight is 775 g/mol. The van der Waals surface area contributed by atoms with Crippen LogP contribution in [0.4, 0.5) is 0 Å². The zero-order valence-corrected chi connectivity index (χ0v) is 31.6. The van der Waals surface area contributed by atoms with Crippen molar-refractivity contribution in [2.75, 3.05) is 0 Å². The fourth-order valence-electron chi connectivity index (χ4n) is 4.13. The molecule has 263 valence electrons. The van der Waals surface area contributed by atoms with Crippen molar-refractivity contribution in [2.24, 2.45) is 0 Å². The van der Waals surface area contributed by atoms with E-state index in [1.165, 1.54) is 7.40 Å². The Morgan fingerprint density at radius 3 is 0.529 bits per heavy atom. The molecule has 0 aromatic heterocycles. The van der Waals surface area contributed by atoms with Gasteiger partial charge in [0.05, 0.1) is 44.5 Å². The summed E-state index contributed by atoms with van der Waals surface area (Å²) >= 11 is 0. The van der Waals surface area contributed by atoms with E-state index in [2.05, 4.69) is 18.9 Å². The first-order chi connectivity index (χ1) is 24.2. The van der Waals surface area contributed by atoms with Crippen LogP contribution in [0.15, 0.2) is 97.1 Å². The number of hydrogen-bond acceptors (Lipinski definition) is 12. The van der Waals surface area contributed by atoms with Gasteiger partial charge in [0.1, 0.15) is 0 Å². The summed E-state index contributed by atoms with van der Waals surface area (Å²) in [7, 11) is 1.25. The molecule has 8 rings (SSSR count). The molecule has 4 aliphatic heterocycles. The van der Waals surface area contributed by atoms with Crippen LogP contribution in [0.25, 0.3) is 0 Å². The molecule has 12 nitrogen and oxygen atoms in total. The van der Waals surface area contributed by atoms with Crippen LogP contribution in [-0.4, -0.2) is 47.8 Å². The molecule has 4 aromatic carbocycles. The molecule has 0 saturated heterocycles. The SMILES string of the molecule is CC.CC.O=C1OC(=O)c2ccccc21.O=C1OC(=O)c2ccccc21.O=C1OC(=O)c2ccccc21.O=C1OC(=O)c2ccccc21.[3H]C.[CH3-].[Y]. The fourth-order valence-corrected chi connectivity index (χ4v) is 4.13. The Hall–Kier alpha value is -5.46. The van der Waals surface area contributed by atoms with Crippen molar-refractivity contribution < 1.29 is 91.4 Å². The topological polar surface area (TPSA) is 173 Å². The molecule has 1 radical (unpaired) electrons. The summed E-state index contributed by atoms with van der Waals surface area (Å²) in [4.78, 5) is 86.7. The standard InChI is InChI=1S/4C8H4O3.2C2H6.CH4.CH3.Y/c4*9-7-5-3-1-2-4-6(5)8(10)11-7;2*1-2;;;/h4*1-4H;2*1-2H3;1H4;1H3;/q;;;;;;;-1;/i;;;;;;1T;;. The molecular weight excluding hydrogens is 737 g/mol. The van der Waals surface area contributed by atoms with E-state index in [0.717, 1.165) is 0 Å². The Balaban J connectivity index is 0.000000628. The van der Waals surface area contributed by atoms with Crippen molar-refractivity contribution in [2.45, 2.75) is 35.1 Å². The van der Waals surface area contributed by atoms with Crippen LogP contribution in [0.2, 0.25) is 0 Å². The maximum absolute atomic E-state index is 10.8. The predicted octanol–water partition coefficient (Wildman–Crippen LogP) is 7.13. The van der Waals surface area contributed by atoms with Gasteiger partial charge in [-0.1, -0.05) is 83.6 Å². The smallest absolute Gasteiger partial charge is 0.346 e. The summed E-state index contributed by atoms with van der Waals surface area (Å²) in [5, 5.41) is 0. The molecule has 0 atom stereocenters. The molecule has 51 heavy (non-hydrogen) atoms. The number of cyclic esters (lactones) is 8. The van der Waals surface area contributed by atoms with Crippen LogP contribution in [0.5, 0.6) is 0 Å². The summed E-state index contributed by atoms with van der Waals surface area (Å²) in [6.45, 7) is 8.00. The van der Waals surface area contributed by atoms with Crippen molar-refractivity contribution >= 4 is 47.8 Å². The van der Waals surface area contributed by atoms with Crippen LogP contribution in [0.3, 0.4) is 0 Å². The molecule has 0 aliphatic carbocycles. The number of fused-ring (bicyclic) bond motifs is 4. The minimum Gasteiger partial charge on any atom is -0.386 e. The third-order valence-corrected chi connectivity index (χ3v) is 6.21. The summed E-state index contributed by atoms with van der Waals surface area (Å²) in [5.41, 5.74) is 2.87. The van der Waals surface area contributed by atoms with Crippen molar-refractivity contribution in [3.63, 3.8) is 0 Å². The number of hydrogen-bond donors (Lipinski definition) is 0. The van der Waals surface area contributed by atoms with Gasteiger partial charge in [-0.3, -0.25) is 0 Å². The van der Waals surface area contributed by atoms with E-state index in [4.69, 9.17) is 1.37 Å². The minimum atomic E-state index is -0.550. The molecule has 0 N–H and O–H groups in total. The van der Waals surface area contributed by atoms with Crippen molar-refractivity contribution in [3.05, 3.63) is 149 Å². The second kappa shape index (κ2) is 21.6. The van der Waals surface area contributed by atoms with Crippen LogP contribution in [-0.2, 0) is 51.7 Å². The number of benzene rings is 4. The predicted molar refractivity (Wildman–Crippen MR) is 181 cm³/mol. The number of ether oxygens (including phenoxy) is 4. The molecule has 0 bridgehead atoms. The molecule has 13 heteroatoms. The third-order valence-electron chi connectivity index (χ3n) is 6.21. The maximum Gasteiger partial charge on any atom is 0.346 e. The van der Waals surface area contributed by atoms with Gasteiger partial charge >= 0.3 is 47.8 Å². The largest absolute Gasteiger partial charge is 0.386 e. The number of carbonyl (C=O) groups is 8. The molecule has 4 aliphatic rings. The van der Waals surface area contributed by atoms with Gasteiger partial charge in [-0.25, -0.2) is 38.4 Å². The fraction of sp³-hybridized carbons (Fsp3) is 0.132. The summed E-state index contributed by atoms with van der Waals surface area (Å²) in [6.07, 6.45) is 0. The Kier molecular flexibility index (Phi) is 18.4. The maximum atomic E-state index is 10.8. The van der Waals surface area contributed by atoms with E-state index in [9.17, 15) is 38.4 Å². The van der Waals surface area contributed by atoms with Crippen molar-refractivity contribution in [3.8, 4) is 0 Å². The summed E-state index contributed by atoms with van der Waals surface area (Å²) < 4.78 is 23.2. The van der Waals surface area contributed by atoms with E-state index in [1.54, 1.807) is 97.1 Å². The molecule has 0 fully saturated rings. The Labute approximate surface area is 321 Å². The molecule has 0 saturated carbocycles. The number of esters is 8. The van der Waals surface area contributed by atoms with Gasteiger partial charge in [-0.15, -0.1) is 0 Å². The van der Waals surface area contributed by atoms with Crippen molar-refractivity contribution in [1.82, 2.24) is 0 Å². The first-order valence-corrected chi connectivity index (χ1v) is 14.6. The second-order valence-electron chi connectivity index (χ2n) is 8.89. The normalized spacial score (nSPS) is 12.9. The second-order valence-corrected chi connectivity index (χ2v) is 8.89. The zero-order chi connectivity index (χ0) is 37.4. The van der Waals surface area contributed by atoms with Crippen LogP contribution in [0, 0.1) is 7.43 Å². The van der Waals surface area contributed by atoms with E-state index in [1.807, 2.05) is 27.7 Å². The van der Waals surface area contributed by atoms with Gasteiger partial charge in [-0.2, -0.15) is 0 Å². The number of carbonyl (C=O) groups excluding carboxylic acids is 8. The average Bonchev–Trinajstić information content (AvgIpc) is 3.84.